The number of nitrogens with one attached hydrogen (secondary N) is 2. The zero-order chi connectivity index (χ0) is 23.3. The van der Waals surface area contributed by atoms with Crippen LogP contribution >= 0.6 is 0 Å². The molecule has 2 aromatic rings. The molecule has 0 spiro atoms. The third kappa shape index (κ3) is 4.67. The van der Waals surface area contributed by atoms with E-state index in [2.05, 4.69) is 22.2 Å². The molecular formula is C25H30N6O. The van der Waals surface area contributed by atoms with Gasteiger partial charge in [-0.3, -0.25) is 15.0 Å². The maximum atomic E-state index is 13.2. The lowest BCUT2D eigenvalue weighted by atomic mass is 10.2. The highest BCUT2D eigenvalue weighted by Crippen LogP contribution is 2.25. The van der Waals surface area contributed by atoms with Gasteiger partial charge in [-0.2, -0.15) is 0 Å². The molecule has 0 radical (unpaired) electrons. The maximum absolute atomic E-state index is 13.2. The minimum absolute atomic E-state index is 0.375. The second-order valence-corrected chi connectivity index (χ2v) is 7.38. The first-order valence-electron chi connectivity index (χ1n) is 10.4. The van der Waals surface area contributed by atoms with Gasteiger partial charge in [-0.15, -0.1) is 0 Å². The van der Waals surface area contributed by atoms with Crippen LogP contribution in [0.5, 0.6) is 0 Å². The van der Waals surface area contributed by atoms with E-state index in [1.165, 1.54) is 0 Å². The zero-order valence-electron chi connectivity index (χ0n) is 19.3. The van der Waals surface area contributed by atoms with Crippen molar-refractivity contribution in [1.29, 1.82) is 0 Å². The SMILES string of the molecule is C=C1C=CC=CN1C(NC(=O)Nc1c(C(C)=CC)nc2ccccn12)=C(C)N(C)C=CC. The zero-order valence-corrected chi connectivity index (χ0v) is 19.3. The van der Waals surface area contributed by atoms with Gasteiger partial charge in [0.2, 0.25) is 0 Å². The Kier molecular flexibility index (Phi) is 7.00. The van der Waals surface area contributed by atoms with Gasteiger partial charge in [0.1, 0.15) is 23.0 Å². The smallest absolute Gasteiger partial charge is 0.326 e. The van der Waals surface area contributed by atoms with E-state index in [1.807, 2.05) is 116 Å². The summed E-state index contributed by atoms with van der Waals surface area (Å²) in [5.41, 5.74) is 4.06. The molecule has 166 valence electrons. The summed E-state index contributed by atoms with van der Waals surface area (Å²) in [6.45, 7) is 11.9. The predicted molar refractivity (Wildman–Crippen MR) is 131 cm³/mol. The molecule has 0 aliphatic carbocycles. The van der Waals surface area contributed by atoms with E-state index in [0.29, 0.717) is 11.6 Å². The molecule has 0 saturated carbocycles. The van der Waals surface area contributed by atoms with Crippen LogP contribution in [-0.2, 0) is 0 Å². The van der Waals surface area contributed by atoms with Gasteiger partial charge >= 0.3 is 6.03 Å². The van der Waals surface area contributed by atoms with E-state index in [9.17, 15) is 4.79 Å². The summed E-state index contributed by atoms with van der Waals surface area (Å²) < 4.78 is 1.87. The van der Waals surface area contributed by atoms with Crippen LogP contribution < -0.4 is 10.6 Å². The van der Waals surface area contributed by atoms with Gasteiger partial charge in [0, 0.05) is 25.1 Å². The van der Waals surface area contributed by atoms with Crippen LogP contribution in [0, 0.1) is 0 Å². The number of urea groups is 1. The first-order chi connectivity index (χ1) is 15.4. The van der Waals surface area contributed by atoms with E-state index in [0.717, 1.165) is 28.3 Å². The molecule has 1 aliphatic heterocycles. The number of carbonyl (C=O) groups excluding carboxylic acids is 1. The summed E-state index contributed by atoms with van der Waals surface area (Å²) >= 11 is 0. The largest absolute Gasteiger partial charge is 0.352 e. The molecule has 3 heterocycles. The molecule has 7 heteroatoms. The Morgan fingerprint density at radius 3 is 2.69 bits per heavy atom. The maximum Gasteiger partial charge on any atom is 0.326 e. The highest BCUT2D eigenvalue weighted by Gasteiger charge is 2.21. The molecule has 2 N–H and O–H groups in total. The lowest BCUT2D eigenvalue weighted by Gasteiger charge is -2.30. The second-order valence-electron chi connectivity index (χ2n) is 7.38. The minimum atomic E-state index is -0.375. The molecule has 0 aromatic carbocycles. The van der Waals surface area contributed by atoms with Crippen LogP contribution in [0.3, 0.4) is 0 Å². The molecule has 2 amide bonds. The van der Waals surface area contributed by atoms with Crippen molar-refractivity contribution in [3.63, 3.8) is 0 Å². The second kappa shape index (κ2) is 9.87. The third-order valence-corrected chi connectivity index (χ3v) is 5.23. The first kappa shape index (κ1) is 22.7. The van der Waals surface area contributed by atoms with Crippen LogP contribution in [0.2, 0.25) is 0 Å². The topological polar surface area (TPSA) is 64.9 Å². The Morgan fingerprint density at radius 2 is 2.00 bits per heavy atom. The van der Waals surface area contributed by atoms with Crippen molar-refractivity contribution in [3.8, 4) is 0 Å². The highest BCUT2D eigenvalue weighted by molar-refractivity contribution is 5.93. The highest BCUT2D eigenvalue weighted by atomic mass is 16.2. The van der Waals surface area contributed by atoms with E-state index < -0.39 is 0 Å². The fraction of sp³-hybridized carbons (Fsp3) is 0.200. The van der Waals surface area contributed by atoms with Crippen LogP contribution in [0.1, 0.15) is 33.4 Å². The van der Waals surface area contributed by atoms with E-state index in [4.69, 9.17) is 0 Å². The van der Waals surface area contributed by atoms with Crippen molar-refractivity contribution < 1.29 is 4.79 Å². The first-order valence-corrected chi connectivity index (χ1v) is 10.4. The normalized spacial score (nSPS) is 14.8. The van der Waals surface area contributed by atoms with Gasteiger partial charge in [0.25, 0.3) is 0 Å². The monoisotopic (exact) mass is 430 g/mol. The molecule has 32 heavy (non-hydrogen) atoms. The van der Waals surface area contributed by atoms with E-state index in [-0.39, 0.29) is 6.03 Å². The number of imidazole rings is 1. The number of hydrogen-bond donors (Lipinski definition) is 2. The number of pyridine rings is 1. The van der Waals surface area contributed by atoms with Gasteiger partial charge in [0.05, 0.1) is 5.70 Å². The summed E-state index contributed by atoms with van der Waals surface area (Å²) in [5.74, 6) is 1.22. The van der Waals surface area contributed by atoms with Crippen LogP contribution in [0.4, 0.5) is 10.6 Å². The summed E-state index contributed by atoms with van der Waals surface area (Å²) in [6.07, 6.45) is 15.3. The lowest BCUT2D eigenvalue weighted by molar-refractivity contribution is 0.251. The van der Waals surface area contributed by atoms with Crippen LogP contribution in [0.15, 0.2) is 91.0 Å². The van der Waals surface area contributed by atoms with Crippen molar-refractivity contribution in [3.05, 3.63) is 96.7 Å². The number of fused-ring (bicyclic) bond motifs is 1. The number of allylic oxidation sites excluding steroid dienone is 7. The number of carbonyl (C=O) groups is 1. The van der Waals surface area contributed by atoms with Gasteiger partial charge in [-0.1, -0.05) is 30.9 Å². The quantitative estimate of drug-likeness (QED) is 0.641. The molecule has 3 rings (SSSR count). The average molecular weight is 431 g/mol. The molecular weight excluding hydrogens is 400 g/mol. The number of nitrogens with zero attached hydrogens (tertiary/aromatic N) is 4. The van der Waals surface area contributed by atoms with E-state index in [1.54, 1.807) is 0 Å². The van der Waals surface area contributed by atoms with Crippen molar-refractivity contribution in [2.24, 2.45) is 0 Å². The van der Waals surface area contributed by atoms with Gasteiger partial charge in [-0.25, -0.2) is 9.78 Å². The number of aromatic nitrogens is 2. The van der Waals surface area contributed by atoms with Crippen molar-refractivity contribution in [2.75, 3.05) is 12.4 Å². The summed E-state index contributed by atoms with van der Waals surface area (Å²) in [7, 11) is 1.93. The summed E-state index contributed by atoms with van der Waals surface area (Å²) in [5, 5.41) is 6.02. The van der Waals surface area contributed by atoms with Crippen molar-refractivity contribution in [1.82, 2.24) is 24.5 Å². The lowest BCUT2D eigenvalue weighted by Crippen LogP contribution is -2.37. The molecule has 0 saturated heterocycles. The number of amides is 2. The predicted octanol–water partition coefficient (Wildman–Crippen LogP) is 5.43. The number of rotatable bonds is 6. The Labute approximate surface area is 189 Å². The fourth-order valence-electron chi connectivity index (χ4n) is 3.30. The summed E-state index contributed by atoms with van der Waals surface area (Å²) in [4.78, 5) is 21.7. The van der Waals surface area contributed by atoms with Gasteiger partial charge < -0.3 is 9.80 Å². The Balaban J connectivity index is 1.98. The van der Waals surface area contributed by atoms with Gasteiger partial charge in [0.15, 0.2) is 0 Å². The molecule has 1 aliphatic rings. The molecule has 0 atom stereocenters. The summed E-state index contributed by atoms with van der Waals surface area (Å²) in [6, 6.07) is 5.36. The number of anilines is 1. The van der Waals surface area contributed by atoms with E-state index >= 15 is 0 Å². The Bertz CT molecular complexity index is 1180. The molecule has 0 fully saturated rings. The Hall–Kier alpha value is -4.00. The van der Waals surface area contributed by atoms with Crippen LogP contribution in [-0.4, -0.2) is 32.3 Å². The third-order valence-electron chi connectivity index (χ3n) is 5.23. The number of hydrogen-bond acceptors (Lipinski definition) is 4. The molecule has 2 aromatic heterocycles. The van der Waals surface area contributed by atoms with Crippen LogP contribution in [0.25, 0.3) is 11.2 Å². The molecule has 0 bridgehead atoms. The van der Waals surface area contributed by atoms with Crippen molar-refractivity contribution in [2.45, 2.75) is 27.7 Å². The standard InChI is InChI=1S/C25H30N6O/c1-7-15-29(6)20(5)23(30-16-11-9-13-19(30)4)27-25(32)28-24-22(18(3)8-2)26-21-14-10-12-17-31(21)24/h7-17H,4H2,1-3,5-6H3,(H2,27,28,32). The average Bonchev–Trinajstić information content (AvgIpc) is 3.15. The molecule has 7 nitrogen and oxygen atoms in total. The fourth-order valence-corrected chi connectivity index (χ4v) is 3.30. The van der Waals surface area contributed by atoms with Gasteiger partial charge in [-0.05, 0) is 63.8 Å². The Morgan fingerprint density at radius 1 is 1.22 bits per heavy atom. The van der Waals surface area contributed by atoms with Crippen molar-refractivity contribution >= 4 is 23.1 Å². The minimum Gasteiger partial charge on any atom is -0.352 e. The molecule has 0 unspecified atom stereocenters.